The summed E-state index contributed by atoms with van der Waals surface area (Å²) in [5, 5.41) is 4.69. The largest absolute Gasteiger partial charge is 0.497 e. The molecular formula is C26H23N3O6S. The molecule has 0 amide bonds. The highest BCUT2D eigenvalue weighted by Gasteiger charge is 2.22. The van der Waals surface area contributed by atoms with E-state index >= 15 is 0 Å². The van der Waals surface area contributed by atoms with Crippen LogP contribution >= 0.6 is 0 Å². The number of fused-ring (bicyclic) bond motifs is 1. The summed E-state index contributed by atoms with van der Waals surface area (Å²) in [6, 6.07) is 18.6. The van der Waals surface area contributed by atoms with Gasteiger partial charge >= 0.3 is 0 Å². The molecule has 184 valence electrons. The number of hydrogen-bond donors (Lipinski definition) is 1. The van der Waals surface area contributed by atoms with Crippen molar-refractivity contribution in [3.05, 3.63) is 72.3 Å². The summed E-state index contributed by atoms with van der Waals surface area (Å²) in [6.07, 6.45) is 0. The van der Waals surface area contributed by atoms with Crippen LogP contribution in [0.25, 0.3) is 34.0 Å². The Balaban J connectivity index is 1.43. The van der Waals surface area contributed by atoms with Crippen LogP contribution in [0.1, 0.15) is 12.5 Å². The standard InChI is InChI=1S/C26H23N3O6S/c1-4-33-20-9-5-17(6-10-20)25-27-26(35-28-25)24-16(2)22-15-21(13-14-23(22)34-24)36(30,31)29-18-7-11-19(32-3)12-8-18/h5-15,29H,4H2,1-3H3. The summed E-state index contributed by atoms with van der Waals surface area (Å²) in [5.41, 5.74) is 2.38. The van der Waals surface area contributed by atoms with Crippen LogP contribution in [0.3, 0.4) is 0 Å². The van der Waals surface area contributed by atoms with E-state index in [1.165, 1.54) is 6.07 Å². The van der Waals surface area contributed by atoms with Crippen molar-refractivity contribution in [2.75, 3.05) is 18.4 Å². The van der Waals surface area contributed by atoms with E-state index in [0.717, 1.165) is 11.3 Å². The first-order chi connectivity index (χ1) is 17.4. The highest BCUT2D eigenvalue weighted by molar-refractivity contribution is 7.92. The maximum absolute atomic E-state index is 13.0. The predicted molar refractivity (Wildman–Crippen MR) is 135 cm³/mol. The summed E-state index contributed by atoms with van der Waals surface area (Å²) < 4.78 is 50.6. The number of aromatic nitrogens is 2. The molecule has 1 N–H and O–H groups in total. The van der Waals surface area contributed by atoms with Crippen LogP contribution in [0.15, 0.2) is 80.6 Å². The molecule has 2 aromatic heterocycles. The normalized spacial score (nSPS) is 11.5. The summed E-state index contributed by atoms with van der Waals surface area (Å²) >= 11 is 0. The number of methoxy groups -OCH3 is 1. The number of nitrogens with one attached hydrogen (secondary N) is 1. The lowest BCUT2D eigenvalue weighted by atomic mass is 10.1. The fourth-order valence-electron chi connectivity index (χ4n) is 3.74. The van der Waals surface area contributed by atoms with Gasteiger partial charge in [-0.05, 0) is 80.6 Å². The molecule has 0 aliphatic carbocycles. The van der Waals surface area contributed by atoms with Gasteiger partial charge in [-0.2, -0.15) is 4.98 Å². The second kappa shape index (κ2) is 9.38. The van der Waals surface area contributed by atoms with Crippen molar-refractivity contribution in [3.63, 3.8) is 0 Å². The van der Waals surface area contributed by atoms with E-state index in [1.54, 1.807) is 43.5 Å². The molecule has 0 atom stereocenters. The van der Waals surface area contributed by atoms with Crippen LogP contribution in [-0.2, 0) is 10.0 Å². The van der Waals surface area contributed by atoms with Crippen LogP contribution in [0.5, 0.6) is 11.5 Å². The number of anilines is 1. The van der Waals surface area contributed by atoms with Crippen molar-refractivity contribution >= 4 is 26.7 Å². The third-order valence-electron chi connectivity index (χ3n) is 5.60. The summed E-state index contributed by atoms with van der Waals surface area (Å²) in [5.74, 6) is 2.37. The zero-order chi connectivity index (χ0) is 25.3. The fourth-order valence-corrected chi connectivity index (χ4v) is 4.83. The number of ether oxygens (including phenoxy) is 2. The van der Waals surface area contributed by atoms with E-state index in [9.17, 15) is 8.42 Å². The van der Waals surface area contributed by atoms with Gasteiger partial charge in [0.25, 0.3) is 15.9 Å². The Hall–Kier alpha value is -4.31. The number of nitrogens with zero attached hydrogens (tertiary/aromatic N) is 2. The first-order valence-corrected chi connectivity index (χ1v) is 12.6. The number of aryl methyl sites for hydroxylation is 1. The first kappa shape index (κ1) is 23.4. The molecule has 0 radical (unpaired) electrons. The molecule has 10 heteroatoms. The third kappa shape index (κ3) is 4.50. The molecule has 36 heavy (non-hydrogen) atoms. The van der Waals surface area contributed by atoms with Crippen molar-refractivity contribution in [2.45, 2.75) is 18.7 Å². The SMILES string of the molecule is CCOc1ccc(-c2noc(-c3oc4ccc(S(=O)(=O)Nc5ccc(OC)cc5)cc4c3C)n2)cc1. The van der Waals surface area contributed by atoms with Crippen molar-refractivity contribution in [2.24, 2.45) is 0 Å². The Labute approximate surface area is 207 Å². The molecular weight excluding hydrogens is 482 g/mol. The maximum Gasteiger partial charge on any atom is 0.294 e. The van der Waals surface area contributed by atoms with Crippen LogP contribution in [-0.4, -0.2) is 32.3 Å². The Morgan fingerprint density at radius 3 is 2.39 bits per heavy atom. The predicted octanol–water partition coefficient (Wildman–Crippen LogP) is 5.67. The summed E-state index contributed by atoms with van der Waals surface area (Å²) in [7, 11) is -2.28. The van der Waals surface area contributed by atoms with Gasteiger partial charge in [0.15, 0.2) is 5.76 Å². The zero-order valence-electron chi connectivity index (χ0n) is 19.8. The maximum atomic E-state index is 13.0. The minimum Gasteiger partial charge on any atom is -0.497 e. The van der Waals surface area contributed by atoms with Gasteiger partial charge in [0.05, 0.1) is 18.6 Å². The molecule has 9 nitrogen and oxygen atoms in total. The molecule has 0 spiro atoms. The number of benzene rings is 3. The van der Waals surface area contributed by atoms with Crippen molar-refractivity contribution in [1.82, 2.24) is 10.1 Å². The minimum absolute atomic E-state index is 0.0990. The second-order valence-corrected chi connectivity index (χ2v) is 9.61. The molecule has 0 saturated heterocycles. The van der Waals surface area contributed by atoms with Gasteiger partial charge in [0.1, 0.15) is 17.1 Å². The molecule has 5 rings (SSSR count). The summed E-state index contributed by atoms with van der Waals surface area (Å²) in [4.78, 5) is 4.57. The zero-order valence-corrected chi connectivity index (χ0v) is 20.6. The van der Waals surface area contributed by atoms with Crippen LogP contribution in [0.4, 0.5) is 5.69 Å². The first-order valence-electron chi connectivity index (χ1n) is 11.2. The molecule has 0 fully saturated rings. The Kier molecular flexibility index (Phi) is 6.11. The fraction of sp³-hybridized carbons (Fsp3) is 0.154. The number of hydrogen-bond acceptors (Lipinski definition) is 8. The lowest BCUT2D eigenvalue weighted by molar-refractivity contribution is 0.340. The minimum atomic E-state index is -3.83. The van der Waals surface area contributed by atoms with Gasteiger partial charge in [-0.25, -0.2) is 8.42 Å². The highest BCUT2D eigenvalue weighted by Crippen LogP contribution is 2.35. The monoisotopic (exact) mass is 505 g/mol. The molecule has 0 aliphatic heterocycles. The van der Waals surface area contributed by atoms with E-state index in [-0.39, 0.29) is 10.8 Å². The molecule has 5 aromatic rings. The third-order valence-corrected chi connectivity index (χ3v) is 6.98. The van der Waals surface area contributed by atoms with Gasteiger partial charge < -0.3 is 18.4 Å². The van der Waals surface area contributed by atoms with Gasteiger partial charge in [0, 0.05) is 22.2 Å². The average molecular weight is 506 g/mol. The van der Waals surface area contributed by atoms with Crippen LogP contribution in [0.2, 0.25) is 0 Å². The van der Waals surface area contributed by atoms with E-state index in [2.05, 4.69) is 14.9 Å². The molecule has 3 aromatic carbocycles. The van der Waals surface area contributed by atoms with Crippen LogP contribution < -0.4 is 14.2 Å². The molecule has 0 aliphatic rings. The van der Waals surface area contributed by atoms with Crippen LogP contribution in [0, 0.1) is 6.92 Å². The van der Waals surface area contributed by atoms with Gasteiger partial charge in [-0.3, -0.25) is 4.72 Å². The molecule has 0 unspecified atom stereocenters. The van der Waals surface area contributed by atoms with Gasteiger partial charge in [0.2, 0.25) is 5.82 Å². The van der Waals surface area contributed by atoms with Gasteiger partial charge in [-0.15, -0.1) is 0 Å². The average Bonchev–Trinajstić information content (AvgIpc) is 3.50. The lowest BCUT2D eigenvalue weighted by Gasteiger charge is -2.09. The highest BCUT2D eigenvalue weighted by atomic mass is 32.2. The topological polar surface area (TPSA) is 117 Å². The van der Waals surface area contributed by atoms with E-state index in [0.29, 0.717) is 46.2 Å². The number of rotatable bonds is 8. The molecule has 0 saturated carbocycles. The quantitative estimate of drug-likeness (QED) is 0.287. The Bertz CT molecular complexity index is 1620. The Morgan fingerprint density at radius 2 is 1.69 bits per heavy atom. The summed E-state index contributed by atoms with van der Waals surface area (Å²) in [6.45, 7) is 4.32. The molecule has 0 bridgehead atoms. The van der Waals surface area contributed by atoms with Gasteiger partial charge in [-0.1, -0.05) is 5.16 Å². The smallest absolute Gasteiger partial charge is 0.294 e. The van der Waals surface area contributed by atoms with E-state index in [4.69, 9.17) is 18.4 Å². The molecule has 2 heterocycles. The van der Waals surface area contributed by atoms with Crippen molar-refractivity contribution < 1.29 is 26.8 Å². The van der Waals surface area contributed by atoms with Crippen molar-refractivity contribution in [3.8, 4) is 34.5 Å². The second-order valence-electron chi connectivity index (χ2n) is 7.93. The van der Waals surface area contributed by atoms with E-state index < -0.39 is 10.0 Å². The number of furan rings is 1. The number of sulfonamides is 1. The Morgan fingerprint density at radius 1 is 0.972 bits per heavy atom. The van der Waals surface area contributed by atoms with E-state index in [1.807, 2.05) is 38.1 Å². The van der Waals surface area contributed by atoms with Crippen molar-refractivity contribution in [1.29, 1.82) is 0 Å². The lowest BCUT2D eigenvalue weighted by Crippen LogP contribution is -2.12.